The third kappa shape index (κ3) is 7.11. The second-order valence-corrected chi connectivity index (χ2v) is 8.40. The van der Waals surface area contributed by atoms with Crippen molar-refractivity contribution in [3.63, 3.8) is 0 Å². The van der Waals surface area contributed by atoms with Crippen LogP contribution in [-0.4, -0.2) is 42.5 Å². The first kappa shape index (κ1) is 23.3. The number of aliphatic hydroxyl groups excluding tert-OH is 1. The van der Waals surface area contributed by atoms with Crippen LogP contribution in [0.25, 0.3) is 0 Å². The molecule has 0 saturated heterocycles. The predicted molar refractivity (Wildman–Crippen MR) is 116 cm³/mol. The summed E-state index contributed by atoms with van der Waals surface area (Å²) in [4.78, 5) is 12.0. The van der Waals surface area contributed by atoms with Crippen LogP contribution in [0.3, 0.4) is 0 Å². The molecule has 0 aromatic heterocycles. The van der Waals surface area contributed by atoms with Crippen LogP contribution in [0, 0.1) is 5.92 Å². The van der Waals surface area contributed by atoms with Crippen molar-refractivity contribution in [2.24, 2.45) is 5.92 Å². The van der Waals surface area contributed by atoms with Crippen molar-refractivity contribution in [2.75, 3.05) is 13.2 Å². The summed E-state index contributed by atoms with van der Waals surface area (Å²) in [5, 5.41) is 13.1. The van der Waals surface area contributed by atoms with Gasteiger partial charge in [-0.15, -0.1) is 6.58 Å². The summed E-state index contributed by atoms with van der Waals surface area (Å²) in [5.41, 5.74) is 4.92. The molecule has 1 aliphatic heterocycles. The monoisotopic (exact) mass is 401 g/mol. The minimum absolute atomic E-state index is 0.100. The Labute approximate surface area is 174 Å². The van der Waals surface area contributed by atoms with E-state index in [-0.39, 0.29) is 30.5 Å². The van der Waals surface area contributed by atoms with Gasteiger partial charge in [0.1, 0.15) is 0 Å². The standard InChI is InChI=1S/C24H35NO4/c1-15(2)7-20(8-17(5)13-25-12-16(3)4)28-24-10-19(14-26)21-11-22(27)18(6)9-23(21)29-24/h8-10,12,20-21,23-26H,1,7,11,13-14H2,2-6H3/b17-8+/t20-,21?,23+,24-/m1/s1. The predicted octanol–water partition coefficient (Wildman–Crippen LogP) is 3.98. The van der Waals surface area contributed by atoms with Crippen LogP contribution in [0.1, 0.15) is 47.5 Å². The Bertz CT molecular complexity index is 740. The lowest BCUT2D eigenvalue weighted by atomic mass is 9.80. The molecule has 2 N–H and O–H groups in total. The van der Waals surface area contributed by atoms with Gasteiger partial charge in [0.2, 0.25) is 0 Å². The van der Waals surface area contributed by atoms with Crippen molar-refractivity contribution >= 4 is 5.78 Å². The summed E-state index contributed by atoms with van der Waals surface area (Å²) in [6.45, 7) is 14.6. The number of hydrogen-bond donors (Lipinski definition) is 2. The van der Waals surface area contributed by atoms with E-state index in [0.717, 1.165) is 23.3 Å². The van der Waals surface area contributed by atoms with Gasteiger partial charge >= 0.3 is 0 Å². The first-order chi connectivity index (χ1) is 13.7. The summed E-state index contributed by atoms with van der Waals surface area (Å²) in [6.07, 6.45) is 7.80. The maximum absolute atomic E-state index is 12.0. The number of allylic oxidation sites excluding steroid dienone is 2. The van der Waals surface area contributed by atoms with E-state index in [1.165, 1.54) is 5.57 Å². The lowest BCUT2D eigenvalue weighted by molar-refractivity contribution is -0.167. The average molecular weight is 402 g/mol. The van der Waals surface area contributed by atoms with Crippen molar-refractivity contribution in [2.45, 2.75) is 66.0 Å². The van der Waals surface area contributed by atoms with E-state index in [0.29, 0.717) is 18.4 Å². The van der Waals surface area contributed by atoms with Crippen LogP contribution in [0.4, 0.5) is 0 Å². The molecule has 1 aliphatic carbocycles. The summed E-state index contributed by atoms with van der Waals surface area (Å²) >= 11 is 0. The van der Waals surface area contributed by atoms with Crippen LogP contribution >= 0.6 is 0 Å². The molecule has 0 fully saturated rings. The quantitative estimate of drug-likeness (QED) is 0.572. The van der Waals surface area contributed by atoms with Gasteiger partial charge in [-0.2, -0.15) is 0 Å². The maximum atomic E-state index is 12.0. The summed E-state index contributed by atoms with van der Waals surface area (Å²) in [7, 11) is 0. The molecular weight excluding hydrogens is 366 g/mol. The van der Waals surface area contributed by atoms with E-state index in [4.69, 9.17) is 9.47 Å². The molecule has 1 heterocycles. The van der Waals surface area contributed by atoms with E-state index in [1.54, 1.807) is 0 Å². The fourth-order valence-electron chi connectivity index (χ4n) is 3.60. The second kappa shape index (κ2) is 10.7. The number of Topliss-reactive ketones (excluding diaryl/α,β-unsaturated/α-hetero) is 1. The molecule has 0 aromatic rings. The van der Waals surface area contributed by atoms with Crippen molar-refractivity contribution in [1.82, 2.24) is 5.32 Å². The first-order valence-electron chi connectivity index (χ1n) is 10.2. The Hall–Kier alpha value is -1.95. The number of fused-ring (bicyclic) bond motifs is 1. The molecule has 2 aliphatic rings. The highest BCUT2D eigenvalue weighted by Crippen LogP contribution is 2.35. The zero-order valence-corrected chi connectivity index (χ0v) is 18.3. The van der Waals surface area contributed by atoms with Crippen LogP contribution in [0.5, 0.6) is 0 Å². The fraction of sp³-hybridized carbons (Fsp3) is 0.542. The van der Waals surface area contributed by atoms with Crippen molar-refractivity contribution in [3.8, 4) is 0 Å². The molecule has 4 atom stereocenters. The minimum Gasteiger partial charge on any atom is -0.392 e. The summed E-state index contributed by atoms with van der Waals surface area (Å²) < 4.78 is 12.4. The van der Waals surface area contributed by atoms with Crippen LogP contribution < -0.4 is 5.32 Å². The van der Waals surface area contributed by atoms with E-state index < -0.39 is 6.29 Å². The van der Waals surface area contributed by atoms with Gasteiger partial charge in [0.15, 0.2) is 12.1 Å². The molecule has 2 rings (SSSR count). The van der Waals surface area contributed by atoms with Gasteiger partial charge in [-0.25, -0.2) is 0 Å². The third-order valence-electron chi connectivity index (χ3n) is 5.06. The van der Waals surface area contributed by atoms with E-state index >= 15 is 0 Å². The minimum atomic E-state index is -0.574. The largest absolute Gasteiger partial charge is 0.392 e. The first-order valence-corrected chi connectivity index (χ1v) is 10.2. The van der Waals surface area contributed by atoms with Crippen LogP contribution in [-0.2, 0) is 14.3 Å². The van der Waals surface area contributed by atoms with E-state index in [9.17, 15) is 9.90 Å². The molecule has 5 heteroatoms. The lowest BCUT2D eigenvalue weighted by Gasteiger charge is -2.37. The molecule has 0 bridgehead atoms. The molecule has 1 unspecified atom stereocenters. The van der Waals surface area contributed by atoms with Gasteiger partial charge in [-0.1, -0.05) is 22.8 Å². The fourth-order valence-corrected chi connectivity index (χ4v) is 3.60. The lowest BCUT2D eigenvalue weighted by Crippen LogP contribution is -2.40. The number of nitrogens with one attached hydrogen (secondary N) is 1. The van der Waals surface area contributed by atoms with Gasteiger partial charge in [0, 0.05) is 18.9 Å². The number of aliphatic hydroxyl groups is 1. The Morgan fingerprint density at radius 2 is 2.10 bits per heavy atom. The van der Waals surface area contributed by atoms with Gasteiger partial charge < -0.3 is 19.9 Å². The molecule has 0 aromatic carbocycles. The average Bonchev–Trinajstić information content (AvgIpc) is 2.61. The van der Waals surface area contributed by atoms with E-state index in [1.807, 2.05) is 46.0 Å². The Morgan fingerprint density at radius 3 is 2.72 bits per heavy atom. The molecule has 5 nitrogen and oxygen atoms in total. The number of carbonyl (C=O) groups is 1. The summed E-state index contributed by atoms with van der Waals surface area (Å²) in [6, 6.07) is 0. The normalized spacial score (nSPS) is 25.5. The van der Waals surface area contributed by atoms with E-state index in [2.05, 4.69) is 24.9 Å². The van der Waals surface area contributed by atoms with Crippen molar-refractivity contribution < 1.29 is 19.4 Å². The SMILES string of the molecule is C=C(C)C[C@H](/C=C(\C)CNC=C(C)C)O[C@H]1C=C(CO)C2CC(=O)C(C)=C[C@@H]2O1. The highest BCUT2D eigenvalue weighted by molar-refractivity contribution is 5.96. The van der Waals surface area contributed by atoms with Gasteiger partial charge in [0.25, 0.3) is 0 Å². The molecule has 29 heavy (non-hydrogen) atoms. The van der Waals surface area contributed by atoms with Crippen molar-refractivity contribution in [3.05, 3.63) is 58.9 Å². The topological polar surface area (TPSA) is 67.8 Å². The summed E-state index contributed by atoms with van der Waals surface area (Å²) in [5.74, 6) is -0.00246. The van der Waals surface area contributed by atoms with Gasteiger partial charge in [-0.3, -0.25) is 4.79 Å². The molecule has 0 saturated carbocycles. The number of carbonyl (C=O) groups excluding carboxylic acids is 1. The molecule has 0 spiro atoms. The zero-order chi connectivity index (χ0) is 21.6. The highest BCUT2D eigenvalue weighted by Gasteiger charge is 2.37. The Balaban J connectivity index is 2.13. The van der Waals surface area contributed by atoms with Crippen molar-refractivity contribution in [1.29, 1.82) is 0 Å². The molecular formula is C24H35NO4. The van der Waals surface area contributed by atoms with Gasteiger partial charge in [0.05, 0.1) is 18.8 Å². The molecule has 160 valence electrons. The number of ketones is 1. The zero-order valence-electron chi connectivity index (χ0n) is 18.3. The second-order valence-electron chi connectivity index (χ2n) is 8.40. The Morgan fingerprint density at radius 1 is 1.38 bits per heavy atom. The number of rotatable bonds is 9. The number of ether oxygens (including phenoxy) is 2. The number of hydrogen-bond acceptors (Lipinski definition) is 5. The van der Waals surface area contributed by atoms with Crippen LogP contribution in [0.2, 0.25) is 0 Å². The molecule has 0 amide bonds. The third-order valence-corrected chi connectivity index (χ3v) is 5.06. The smallest absolute Gasteiger partial charge is 0.178 e. The van der Waals surface area contributed by atoms with Crippen LogP contribution in [0.15, 0.2) is 58.9 Å². The highest BCUT2D eigenvalue weighted by atomic mass is 16.7. The Kier molecular flexibility index (Phi) is 8.62. The maximum Gasteiger partial charge on any atom is 0.178 e. The van der Waals surface area contributed by atoms with Gasteiger partial charge in [-0.05, 0) is 70.5 Å². The molecule has 0 radical (unpaired) electrons.